The molecule has 2 rings (SSSR count). The normalized spacial score (nSPS) is 10.4. The lowest BCUT2D eigenvalue weighted by molar-refractivity contribution is 0.752. The first kappa shape index (κ1) is 10.8. The Bertz CT molecular complexity index is 457. The van der Waals surface area contributed by atoms with E-state index in [0.717, 1.165) is 6.42 Å². The number of hydrogen-bond donors (Lipinski definition) is 0. The van der Waals surface area contributed by atoms with Gasteiger partial charge in [0.05, 0.1) is 5.69 Å². The lowest BCUT2D eigenvalue weighted by atomic mass is 10.2. The van der Waals surface area contributed by atoms with Gasteiger partial charge in [0.1, 0.15) is 0 Å². The summed E-state index contributed by atoms with van der Waals surface area (Å²) < 4.78 is 2.19. The zero-order valence-electron chi connectivity index (χ0n) is 10.1. The van der Waals surface area contributed by atoms with Crippen molar-refractivity contribution in [1.29, 1.82) is 0 Å². The largest absolute Gasteiger partial charge is 0.285 e. The number of benzene rings is 1. The predicted octanol–water partition coefficient (Wildman–Crippen LogP) is 3.26. The Morgan fingerprint density at radius 3 is 2.44 bits per heavy atom. The van der Waals surface area contributed by atoms with Crippen LogP contribution in [0.25, 0.3) is 0 Å². The Kier molecular flexibility index (Phi) is 3.00. The van der Waals surface area contributed by atoms with E-state index in [4.69, 9.17) is 0 Å². The summed E-state index contributed by atoms with van der Waals surface area (Å²) in [5.74, 6) is 0. The summed E-state index contributed by atoms with van der Waals surface area (Å²) in [6.45, 7) is 4.32. The standard InChI is InChI=1S/C14H18N2/c1-4-13-10-12(2)16(11-13)15(3)14-8-6-5-7-9-14/h5-11H,4H2,1-3H3. The average Bonchev–Trinajstić information content (AvgIpc) is 2.71. The number of para-hydroxylation sites is 1. The highest BCUT2D eigenvalue weighted by molar-refractivity contribution is 5.45. The third-order valence-corrected chi connectivity index (χ3v) is 2.91. The Balaban J connectivity index is 2.33. The van der Waals surface area contributed by atoms with Crippen molar-refractivity contribution in [3.8, 4) is 0 Å². The van der Waals surface area contributed by atoms with Crippen LogP contribution in [0.3, 0.4) is 0 Å². The molecule has 0 radical (unpaired) electrons. The molecule has 16 heavy (non-hydrogen) atoms. The molecule has 0 aliphatic heterocycles. The van der Waals surface area contributed by atoms with Crippen LogP contribution < -0.4 is 5.01 Å². The molecular weight excluding hydrogens is 196 g/mol. The van der Waals surface area contributed by atoms with E-state index in [1.54, 1.807) is 0 Å². The van der Waals surface area contributed by atoms with Crippen molar-refractivity contribution in [2.24, 2.45) is 0 Å². The molecule has 0 spiro atoms. The van der Waals surface area contributed by atoms with Gasteiger partial charge >= 0.3 is 0 Å². The maximum atomic E-state index is 2.24. The first-order valence-electron chi connectivity index (χ1n) is 5.69. The van der Waals surface area contributed by atoms with E-state index < -0.39 is 0 Å². The minimum atomic E-state index is 1.08. The van der Waals surface area contributed by atoms with Crippen LogP contribution in [0, 0.1) is 6.92 Å². The lowest BCUT2D eigenvalue weighted by Gasteiger charge is -2.22. The molecule has 1 aromatic heterocycles. The Morgan fingerprint density at radius 1 is 1.19 bits per heavy atom. The van der Waals surface area contributed by atoms with Crippen molar-refractivity contribution in [3.05, 3.63) is 53.9 Å². The first-order valence-corrected chi connectivity index (χ1v) is 5.69. The summed E-state index contributed by atoms with van der Waals surface area (Å²) in [4.78, 5) is 0. The van der Waals surface area contributed by atoms with Gasteiger partial charge in [0.15, 0.2) is 0 Å². The monoisotopic (exact) mass is 214 g/mol. The number of nitrogens with zero attached hydrogens (tertiary/aromatic N) is 2. The van der Waals surface area contributed by atoms with Crippen molar-refractivity contribution in [2.45, 2.75) is 20.3 Å². The fourth-order valence-electron chi connectivity index (χ4n) is 1.92. The van der Waals surface area contributed by atoms with Gasteiger partial charge in [-0.05, 0) is 37.1 Å². The molecule has 0 fully saturated rings. The lowest BCUT2D eigenvalue weighted by Crippen LogP contribution is -2.24. The summed E-state index contributed by atoms with van der Waals surface area (Å²) in [7, 11) is 2.09. The molecule has 84 valence electrons. The van der Waals surface area contributed by atoms with Crippen LogP contribution in [-0.2, 0) is 6.42 Å². The molecule has 0 aliphatic carbocycles. The second-order valence-corrected chi connectivity index (χ2v) is 4.05. The van der Waals surface area contributed by atoms with Crippen LogP contribution in [0.4, 0.5) is 5.69 Å². The Morgan fingerprint density at radius 2 is 1.88 bits per heavy atom. The van der Waals surface area contributed by atoms with Crippen LogP contribution >= 0.6 is 0 Å². The van der Waals surface area contributed by atoms with Crippen molar-refractivity contribution >= 4 is 5.69 Å². The van der Waals surface area contributed by atoms with Crippen molar-refractivity contribution in [3.63, 3.8) is 0 Å². The summed E-state index contributed by atoms with van der Waals surface area (Å²) in [5, 5.41) is 2.16. The van der Waals surface area contributed by atoms with E-state index in [2.05, 4.69) is 67.1 Å². The minimum Gasteiger partial charge on any atom is -0.285 e. The Labute approximate surface area is 97.1 Å². The van der Waals surface area contributed by atoms with Crippen molar-refractivity contribution in [2.75, 3.05) is 12.1 Å². The molecule has 0 saturated carbocycles. The molecule has 0 unspecified atom stereocenters. The highest BCUT2D eigenvalue weighted by atomic mass is 15.5. The number of aromatic nitrogens is 1. The predicted molar refractivity (Wildman–Crippen MR) is 68.8 cm³/mol. The second kappa shape index (κ2) is 4.44. The van der Waals surface area contributed by atoms with E-state index in [1.165, 1.54) is 16.9 Å². The number of aryl methyl sites for hydroxylation is 2. The molecule has 0 saturated heterocycles. The summed E-state index contributed by atoms with van der Waals surface area (Å²) in [6.07, 6.45) is 3.28. The zero-order chi connectivity index (χ0) is 11.5. The third-order valence-electron chi connectivity index (χ3n) is 2.91. The van der Waals surface area contributed by atoms with Crippen LogP contribution in [0.2, 0.25) is 0 Å². The highest BCUT2D eigenvalue weighted by Crippen LogP contribution is 2.16. The zero-order valence-corrected chi connectivity index (χ0v) is 10.1. The molecule has 1 heterocycles. The summed E-state index contributed by atoms with van der Waals surface area (Å²) >= 11 is 0. The first-order chi connectivity index (χ1) is 7.72. The van der Waals surface area contributed by atoms with Gasteiger partial charge in [0.2, 0.25) is 0 Å². The number of hydrogen-bond acceptors (Lipinski definition) is 1. The summed E-state index contributed by atoms with van der Waals surface area (Å²) in [6, 6.07) is 12.6. The van der Waals surface area contributed by atoms with Crippen molar-refractivity contribution < 1.29 is 0 Å². The van der Waals surface area contributed by atoms with Gasteiger partial charge in [-0.1, -0.05) is 25.1 Å². The highest BCUT2D eigenvalue weighted by Gasteiger charge is 2.06. The van der Waals surface area contributed by atoms with E-state index >= 15 is 0 Å². The SMILES string of the molecule is CCc1cc(C)n(N(C)c2ccccc2)c1. The van der Waals surface area contributed by atoms with Crippen LogP contribution in [0.5, 0.6) is 0 Å². The van der Waals surface area contributed by atoms with Crippen LogP contribution in [0.1, 0.15) is 18.2 Å². The molecular formula is C14H18N2. The number of rotatable bonds is 3. The molecule has 2 aromatic rings. The second-order valence-electron chi connectivity index (χ2n) is 4.05. The van der Waals surface area contributed by atoms with Crippen LogP contribution in [0.15, 0.2) is 42.6 Å². The topological polar surface area (TPSA) is 8.17 Å². The average molecular weight is 214 g/mol. The van der Waals surface area contributed by atoms with E-state index in [-0.39, 0.29) is 0 Å². The van der Waals surface area contributed by atoms with Gasteiger partial charge in [-0.25, -0.2) is 0 Å². The fourth-order valence-corrected chi connectivity index (χ4v) is 1.92. The quantitative estimate of drug-likeness (QED) is 0.761. The molecule has 2 heteroatoms. The van der Waals surface area contributed by atoms with Gasteiger partial charge < -0.3 is 0 Å². The van der Waals surface area contributed by atoms with Gasteiger partial charge in [0.25, 0.3) is 0 Å². The fraction of sp³-hybridized carbons (Fsp3) is 0.286. The molecule has 0 N–H and O–H groups in total. The molecule has 1 aromatic carbocycles. The van der Waals surface area contributed by atoms with Gasteiger partial charge in [-0.3, -0.25) is 9.69 Å². The number of anilines is 1. The van der Waals surface area contributed by atoms with Crippen LogP contribution in [-0.4, -0.2) is 11.7 Å². The molecule has 0 amide bonds. The van der Waals surface area contributed by atoms with Crippen molar-refractivity contribution in [1.82, 2.24) is 4.68 Å². The van der Waals surface area contributed by atoms with E-state index in [1.807, 2.05) is 6.07 Å². The Hall–Kier alpha value is -1.70. The molecule has 0 aliphatic rings. The third kappa shape index (κ3) is 1.96. The summed E-state index contributed by atoms with van der Waals surface area (Å²) in [5.41, 5.74) is 3.84. The maximum absolute atomic E-state index is 2.24. The molecule has 0 atom stereocenters. The maximum Gasteiger partial charge on any atom is 0.0574 e. The molecule has 2 nitrogen and oxygen atoms in total. The van der Waals surface area contributed by atoms with Gasteiger partial charge in [-0.15, -0.1) is 0 Å². The van der Waals surface area contributed by atoms with Gasteiger partial charge in [-0.2, -0.15) is 0 Å². The van der Waals surface area contributed by atoms with E-state index in [0.29, 0.717) is 0 Å². The smallest absolute Gasteiger partial charge is 0.0574 e. The minimum absolute atomic E-state index is 1.08. The van der Waals surface area contributed by atoms with E-state index in [9.17, 15) is 0 Å². The molecule has 0 bridgehead atoms. The van der Waals surface area contributed by atoms with Gasteiger partial charge in [0, 0.05) is 18.9 Å².